The molecule has 11 heteroatoms. The van der Waals surface area contributed by atoms with Crippen molar-refractivity contribution in [1.29, 1.82) is 0 Å². The first-order valence-corrected chi connectivity index (χ1v) is 5.78. The van der Waals surface area contributed by atoms with Crippen molar-refractivity contribution in [2.45, 2.75) is 24.3 Å². The van der Waals surface area contributed by atoms with Gasteiger partial charge in [-0.2, -0.15) is 13.2 Å². The summed E-state index contributed by atoms with van der Waals surface area (Å²) in [5, 5.41) is -0.791. The highest BCUT2D eigenvalue weighted by molar-refractivity contribution is 9.08. The molecule has 0 aliphatic heterocycles. The summed E-state index contributed by atoms with van der Waals surface area (Å²) in [5.74, 6) is -1.59. The van der Waals surface area contributed by atoms with E-state index in [1.165, 1.54) is 0 Å². The Bertz CT molecular complexity index is 484. The molecule has 0 bridgehead atoms. The Kier molecular flexibility index (Phi) is 4.82. The summed E-state index contributed by atoms with van der Waals surface area (Å²) >= 11 is 2.51. The average molecular weight is 374 g/mol. The number of aromatic nitrogens is 1. The standard InChI is InChI=1S/C9H4BrF8NO/c10-1-3-5(20-9(16,17)18)4(7(11)12)2-19-6(3)8(13,14)15/h2,7H,1H2. The van der Waals surface area contributed by atoms with Crippen molar-refractivity contribution in [1.82, 2.24) is 4.98 Å². The lowest BCUT2D eigenvalue weighted by Crippen LogP contribution is -2.22. The summed E-state index contributed by atoms with van der Waals surface area (Å²) in [5.41, 5.74) is -4.24. The second-order valence-electron chi connectivity index (χ2n) is 3.35. The van der Waals surface area contributed by atoms with Gasteiger partial charge in [-0.05, 0) is 0 Å². The quantitative estimate of drug-likeness (QED) is 0.559. The first-order chi connectivity index (χ1) is 8.97. The van der Waals surface area contributed by atoms with Crippen molar-refractivity contribution in [3.05, 3.63) is 23.0 Å². The average Bonchev–Trinajstić information content (AvgIpc) is 2.24. The maximum Gasteiger partial charge on any atom is 0.573 e. The number of halogens is 9. The van der Waals surface area contributed by atoms with Crippen LogP contribution in [-0.2, 0) is 11.5 Å². The van der Waals surface area contributed by atoms with E-state index in [0.29, 0.717) is 0 Å². The number of hydrogen-bond acceptors (Lipinski definition) is 2. The van der Waals surface area contributed by atoms with Crippen LogP contribution < -0.4 is 4.74 Å². The minimum Gasteiger partial charge on any atom is -0.405 e. The van der Waals surface area contributed by atoms with Gasteiger partial charge in [0.15, 0.2) is 5.69 Å². The molecule has 114 valence electrons. The van der Waals surface area contributed by atoms with Gasteiger partial charge in [0.1, 0.15) is 5.75 Å². The topological polar surface area (TPSA) is 22.1 Å². The molecule has 0 saturated heterocycles. The first kappa shape index (κ1) is 16.9. The van der Waals surface area contributed by atoms with Crippen molar-refractivity contribution in [3.63, 3.8) is 0 Å². The highest BCUT2D eigenvalue weighted by Crippen LogP contribution is 2.42. The largest absolute Gasteiger partial charge is 0.573 e. The lowest BCUT2D eigenvalue weighted by atomic mass is 10.1. The monoisotopic (exact) mass is 373 g/mol. The van der Waals surface area contributed by atoms with Gasteiger partial charge in [0.05, 0.1) is 5.56 Å². The molecular formula is C9H4BrF8NO. The van der Waals surface area contributed by atoms with E-state index < -0.39 is 46.9 Å². The summed E-state index contributed by atoms with van der Waals surface area (Å²) < 4.78 is 103. The molecule has 0 aromatic carbocycles. The maximum absolute atomic E-state index is 12.6. The fourth-order valence-corrected chi connectivity index (χ4v) is 1.83. The number of hydrogen-bond donors (Lipinski definition) is 0. The van der Waals surface area contributed by atoms with Crippen LogP contribution in [0.25, 0.3) is 0 Å². The molecule has 0 fully saturated rings. The number of ether oxygens (including phenoxy) is 1. The van der Waals surface area contributed by atoms with Crippen molar-refractivity contribution < 1.29 is 39.9 Å². The van der Waals surface area contributed by atoms with E-state index in [4.69, 9.17) is 0 Å². The molecule has 0 aliphatic carbocycles. The third kappa shape index (κ3) is 3.93. The zero-order chi connectivity index (χ0) is 15.7. The fraction of sp³-hybridized carbons (Fsp3) is 0.444. The number of alkyl halides is 9. The smallest absolute Gasteiger partial charge is 0.405 e. The molecule has 20 heavy (non-hydrogen) atoms. The van der Waals surface area contributed by atoms with Crippen molar-refractivity contribution >= 4 is 15.9 Å². The van der Waals surface area contributed by atoms with Crippen LogP contribution in [0, 0.1) is 0 Å². The van der Waals surface area contributed by atoms with Gasteiger partial charge in [0.25, 0.3) is 6.43 Å². The van der Waals surface area contributed by atoms with Crippen molar-refractivity contribution in [2.75, 3.05) is 0 Å². The molecule has 0 atom stereocenters. The molecule has 0 N–H and O–H groups in total. The van der Waals surface area contributed by atoms with E-state index in [1.807, 2.05) is 0 Å². The summed E-state index contributed by atoms with van der Waals surface area (Å²) in [6, 6.07) is 0. The Morgan fingerprint density at radius 3 is 2.05 bits per heavy atom. The van der Waals surface area contributed by atoms with Crippen molar-refractivity contribution in [3.8, 4) is 5.75 Å². The number of pyridine rings is 1. The van der Waals surface area contributed by atoms with Gasteiger partial charge in [-0.25, -0.2) is 8.78 Å². The number of nitrogens with zero attached hydrogens (tertiary/aromatic N) is 1. The second kappa shape index (κ2) is 5.70. The summed E-state index contributed by atoms with van der Waals surface area (Å²) in [6.45, 7) is 0. The van der Waals surface area contributed by atoms with Crippen LogP contribution in [0.4, 0.5) is 35.1 Å². The van der Waals surface area contributed by atoms with Crippen molar-refractivity contribution in [2.24, 2.45) is 0 Å². The normalized spacial score (nSPS) is 12.9. The predicted molar refractivity (Wildman–Crippen MR) is 53.5 cm³/mol. The van der Waals surface area contributed by atoms with Crippen LogP contribution in [-0.4, -0.2) is 11.3 Å². The third-order valence-electron chi connectivity index (χ3n) is 2.01. The van der Waals surface area contributed by atoms with Gasteiger partial charge >= 0.3 is 12.5 Å². The molecule has 0 amide bonds. The fourth-order valence-electron chi connectivity index (χ4n) is 1.31. The van der Waals surface area contributed by atoms with Crippen LogP contribution in [0.3, 0.4) is 0 Å². The van der Waals surface area contributed by atoms with Crippen LogP contribution in [0.1, 0.15) is 23.2 Å². The lowest BCUT2D eigenvalue weighted by molar-refractivity contribution is -0.275. The van der Waals surface area contributed by atoms with E-state index in [2.05, 4.69) is 25.7 Å². The Hall–Kier alpha value is -1.13. The van der Waals surface area contributed by atoms with Gasteiger partial charge < -0.3 is 4.74 Å². The molecule has 0 saturated carbocycles. The number of rotatable bonds is 3. The second-order valence-corrected chi connectivity index (χ2v) is 3.91. The molecule has 0 aliphatic rings. The van der Waals surface area contributed by atoms with E-state index in [1.54, 1.807) is 0 Å². The van der Waals surface area contributed by atoms with E-state index in [-0.39, 0.29) is 6.20 Å². The molecule has 2 nitrogen and oxygen atoms in total. The van der Waals surface area contributed by atoms with Crippen LogP contribution in [0.2, 0.25) is 0 Å². The zero-order valence-electron chi connectivity index (χ0n) is 9.12. The minimum atomic E-state index is -5.41. The first-order valence-electron chi connectivity index (χ1n) is 4.66. The third-order valence-corrected chi connectivity index (χ3v) is 2.57. The predicted octanol–water partition coefficient (Wildman–Crippen LogP) is 4.83. The molecule has 1 rings (SSSR count). The van der Waals surface area contributed by atoms with Gasteiger partial charge in [-0.1, -0.05) is 15.9 Å². The Balaban J connectivity index is 3.55. The Labute approximate surface area is 114 Å². The molecule has 0 radical (unpaired) electrons. The van der Waals surface area contributed by atoms with E-state index >= 15 is 0 Å². The zero-order valence-corrected chi connectivity index (χ0v) is 10.7. The maximum atomic E-state index is 12.6. The van der Waals surface area contributed by atoms with E-state index in [9.17, 15) is 35.1 Å². The molecule has 0 unspecified atom stereocenters. The van der Waals surface area contributed by atoms with Gasteiger partial charge in [-0.15, -0.1) is 13.2 Å². The SMILES string of the molecule is FC(F)c1cnc(C(F)(F)F)c(CBr)c1OC(F)(F)F. The van der Waals surface area contributed by atoms with Crippen LogP contribution in [0.15, 0.2) is 6.20 Å². The molecule has 1 aromatic rings. The minimum absolute atomic E-state index is 0.0146. The Morgan fingerprint density at radius 2 is 1.70 bits per heavy atom. The molecule has 1 heterocycles. The Morgan fingerprint density at radius 1 is 1.15 bits per heavy atom. The van der Waals surface area contributed by atoms with Crippen LogP contribution >= 0.6 is 15.9 Å². The molecular weight excluding hydrogens is 370 g/mol. The van der Waals surface area contributed by atoms with Gasteiger partial charge in [0, 0.05) is 17.1 Å². The lowest BCUT2D eigenvalue weighted by Gasteiger charge is -2.19. The summed E-state index contributed by atoms with van der Waals surface area (Å²) in [4.78, 5) is 2.75. The molecule has 0 spiro atoms. The summed E-state index contributed by atoms with van der Waals surface area (Å²) in [7, 11) is 0. The van der Waals surface area contributed by atoms with Gasteiger partial charge in [0.2, 0.25) is 0 Å². The highest BCUT2D eigenvalue weighted by Gasteiger charge is 2.41. The molecule has 1 aromatic heterocycles. The summed E-state index contributed by atoms with van der Waals surface area (Å²) in [6.07, 6.45) is -14.0. The van der Waals surface area contributed by atoms with Crippen LogP contribution in [0.5, 0.6) is 5.75 Å². The highest BCUT2D eigenvalue weighted by atomic mass is 79.9. The van der Waals surface area contributed by atoms with E-state index in [0.717, 1.165) is 0 Å². The van der Waals surface area contributed by atoms with Gasteiger partial charge in [-0.3, -0.25) is 4.98 Å².